The molecular weight excluding hydrogens is 258 g/mol. The number of nitrogens with zero attached hydrogens (tertiary/aromatic N) is 1. The third-order valence-electron chi connectivity index (χ3n) is 4.25. The fourth-order valence-corrected chi connectivity index (χ4v) is 3.08. The van der Waals surface area contributed by atoms with Crippen molar-refractivity contribution in [1.29, 1.82) is 0 Å². The first-order valence-corrected chi connectivity index (χ1v) is 7.66. The number of amides is 2. The molecule has 2 aliphatic heterocycles. The van der Waals surface area contributed by atoms with Crippen LogP contribution in [0.2, 0.25) is 0 Å². The molecule has 2 fully saturated rings. The Kier molecular flexibility index (Phi) is 5.64. The quantitative estimate of drug-likeness (QED) is 0.723. The molecule has 1 unspecified atom stereocenters. The predicted molar refractivity (Wildman–Crippen MR) is 75.6 cm³/mol. The summed E-state index contributed by atoms with van der Waals surface area (Å²) in [6.45, 7) is 2.65. The van der Waals surface area contributed by atoms with E-state index in [2.05, 4.69) is 10.6 Å². The van der Waals surface area contributed by atoms with E-state index in [1.165, 1.54) is 0 Å². The van der Waals surface area contributed by atoms with Gasteiger partial charge in [-0.15, -0.1) is 0 Å². The number of carbonyl (C=O) groups is 2. The first kappa shape index (κ1) is 15.1. The maximum absolute atomic E-state index is 12.4. The summed E-state index contributed by atoms with van der Waals surface area (Å²) in [6, 6.07) is 0.333. The van der Waals surface area contributed by atoms with Crippen molar-refractivity contribution in [2.24, 2.45) is 0 Å². The van der Waals surface area contributed by atoms with Crippen LogP contribution in [0.1, 0.15) is 44.9 Å². The average Bonchev–Trinajstić information content (AvgIpc) is 2.46. The number of hydrogen-bond acceptors (Lipinski definition) is 3. The Bertz CT molecular complexity index is 343. The maximum Gasteiger partial charge on any atom is 0.317 e. The topological polar surface area (TPSA) is 81.7 Å². The van der Waals surface area contributed by atoms with Gasteiger partial charge in [-0.05, 0) is 51.6 Å². The lowest BCUT2D eigenvalue weighted by Gasteiger charge is -2.37. The van der Waals surface area contributed by atoms with Crippen LogP contribution in [0.15, 0.2) is 0 Å². The second-order valence-corrected chi connectivity index (χ2v) is 5.75. The molecule has 2 heterocycles. The number of nitrogens with one attached hydrogen (secondary N) is 2. The lowest BCUT2D eigenvalue weighted by Crippen LogP contribution is -2.53. The van der Waals surface area contributed by atoms with Gasteiger partial charge in [0.25, 0.3) is 0 Å². The molecular formula is C14H25N3O3. The van der Waals surface area contributed by atoms with E-state index in [9.17, 15) is 9.59 Å². The molecule has 20 heavy (non-hydrogen) atoms. The van der Waals surface area contributed by atoms with E-state index in [0.717, 1.165) is 51.7 Å². The summed E-state index contributed by atoms with van der Waals surface area (Å²) >= 11 is 0. The standard InChI is InChI=1S/C14H25N3O3/c18-13(19)5-4-12-3-1-2-10-17(12)14(20)16-11-6-8-15-9-7-11/h11-12,15H,1-10H2,(H,16,20)(H,18,19). The minimum atomic E-state index is -0.783. The number of carbonyl (C=O) groups excluding carboxylic acids is 1. The van der Waals surface area contributed by atoms with E-state index in [1.807, 2.05) is 4.90 Å². The van der Waals surface area contributed by atoms with Crippen molar-refractivity contribution >= 4 is 12.0 Å². The zero-order chi connectivity index (χ0) is 14.4. The number of hydrogen-bond donors (Lipinski definition) is 3. The van der Waals surface area contributed by atoms with Gasteiger partial charge >= 0.3 is 12.0 Å². The zero-order valence-corrected chi connectivity index (χ0v) is 11.9. The number of aliphatic carboxylic acids is 1. The highest BCUT2D eigenvalue weighted by Gasteiger charge is 2.28. The smallest absolute Gasteiger partial charge is 0.317 e. The Morgan fingerprint density at radius 3 is 2.65 bits per heavy atom. The lowest BCUT2D eigenvalue weighted by atomic mass is 9.98. The maximum atomic E-state index is 12.4. The fourth-order valence-electron chi connectivity index (χ4n) is 3.08. The molecule has 0 aromatic rings. The lowest BCUT2D eigenvalue weighted by molar-refractivity contribution is -0.137. The SMILES string of the molecule is O=C(O)CCC1CCCCN1C(=O)NC1CCNCC1. The van der Waals surface area contributed by atoms with Crippen molar-refractivity contribution < 1.29 is 14.7 Å². The molecule has 1 atom stereocenters. The van der Waals surface area contributed by atoms with Crippen molar-refractivity contribution in [3.63, 3.8) is 0 Å². The van der Waals surface area contributed by atoms with Crippen LogP contribution in [0.3, 0.4) is 0 Å². The Morgan fingerprint density at radius 2 is 1.95 bits per heavy atom. The van der Waals surface area contributed by atoms with Gasteiger partial charge in [0, 0.05) is 25.0 Å². The van der Waals surface area contributed by atoms with Crippen molar-refractivity contribution in [3.05, 3.63) is 0 Å². The van der Waals surface area contributed by atoms with E-state index in [-0.39, 0.29) is 24.5 Å². The molecule has 3 N–H and O–H groups in total. The molecule has 6 heteroatoms. The number of likely N-dealkylation sites (tertiary alicyclic amines) is 1. The molecule has 2 amide bonds. The largest absolute Gasteiger partial charge is 0.481 e. The van der Waals surface area contributed by atoms with Gasteiger partial charge in [-0.3, -0.25) is 4.79 Å². The van der Waals surface area contributed by atoms with E-state index in [4.69, 9.17) is 5.11 Å². The number of urea groups is 1. The van der Waals surface area contributed by atoms with Gasteiger partial charge in [-0.2, -0.15) is 0 Å². The van der Waals surface area contributed by atoms with Gasteiger partial charge in [0.05, 0.1) is 0 Å². The van der Waals surface area contributed by atoms with Crippen molar-refractivity contribution in [3.8, 4) is 0 Å². The Balaban J connectivity index is 1.85. The average molecular weight is 283 g/mol. The van der Waals surface area contributed by atoms with E-state index < -0.39 is 5.97 Å². The van der Waals surface area contributed by atoms with Gasteiger partial charge in [0.2, 0.25) is 0 Å². The van der Waals surface area contributed by atoms with Crippen molar-refractivity contribution in [1.82, 2.24) is 15.5 Å². The summed E-state index contributed by atoms with van der Waals surface area (Å²) in [5, 5.41) is 15.2. The normalized spacial score (nSPS) is 24.4. The Labute approximate surface area is 119 Å². The fraction of sp³-hybridized carbons (Fsp3) is 0.857. The summed E-state index contributed by atoms with van der Waals surface area (Å²) in [5.41, 5.74) is 0. The minimum absolute atomic E-state index is 0.00742. The third kappa shape index (κ3) is 4.37. The summed E-state index contributed by atoms with van der Waals surface area (Å²) in [5.74, 6) is -0.783. The van der Waals surface area contributed by atoms with Gasteiger partial charge < -0.3 is 20.6 Å². The Morgan fingerprint density at radius 1 is 1.20 bits per heavy atom. The second kappa shape index (κ2) is 7.47. The second-order valence-electron chi connectivity index (χ2n) is 5.75. The van der Waals surface area contributed by atoms with Gasteiger partial charge in [0.15, 0.2) is 0 Å². The molecule has 0 aliphatic carbocycles. The summed E-state index contributed by atoms with van der Waals surface area (Å²) in [7, 11) is 0. The molecule has 2 saturated heterocycles. The van der Waals surface area contributed by atoms with Crippen molar-refractivity contribution in [2.75, 3.05) is 19.6 Å². The highest BCUT2D eigenvalue weighted by molar-refractivity contribution is 5.75. The van der Waals surface area contributed by atoms with E-state index in [0.29, 0.717) is 6.42 Å². The van der Waals surface area contributed by atoms with Crippen LogP contribution in [0.5, 0.6) is 0 Å². The molecule has 0 saturated carbocycles. The molecule has 2 rings (SSSR count). The van der Waals surface area contributed by atoms with Crippen LogP contribution >= 0.6 is 0 Å². The number of carboxylic acid groups (broad SMARTS) is 1. The highest BCUT2D eigenvalue weighted by Crippen LogP contribution is 2.21. The number of rotatable bonds is 4. The van der Waals surface area contributed by atoms with Crippen LogP contribution in [0.25, 0.3) is 0 Å². The van der Waals surface area contributed by atoms with Crippen LogP contribution in [0, 0.1) is 0 Å². The van der Waals surface area contributed by atoms with Crippen LogP contribution in [0.4, 0.5) is 4.79 Å². The first-order valence-electron chi connectivity index (χ1n) is 7.66. The first-order chi connectivity index (χ1) is 9.66. The molecule has 0 bridgehead atoms. The minimum Gasteiger partial charge on any atom is -0.481 e. The molecule has 0 aromatic carbocycles. The summed E-state index contributed by atoms with van der Waals surface area (Å²) in [6.07, 6.45) is 5.67. The Hall–Kier alpha value is -1.30. The summed E-state index contributed by atoms with van der Waals surface area (Å²) < 4.78 is 0. The molecule has 6 nitrogen and oxygen atoms in total. The molecule has 0 radical (unpaired) electrons. The van der Waals surface area contributed by atoms with Crippen LogP contribution in [-0.4, -0.2) is 53.7 Å². The van der Waals surface area contributed by atoms with Gasteiger partial charge in [0.1, 0.15) is 0 Å². The van der Waals surface area contributed by atoms with Gasteiger partial charge in [-0.1, -0.05) is 0 Å². The molecule has 114 valence electrons. The number of carboxylic acids is 1. The van der Waals surface area contributed by atoms with Crippen LogP contribution in [-0.2, 0) is 4.79 Å². The molecule has 0 aromatic heterocycles. The van der Waals surface area contributed by atoms with E-state index >= 15 is 0 Å². The number of piperidine rings is 2. The van der Waals surface area contributed by atoms with E-state index in [1.54, 1.807) is 0 Å². The third-order valence-corrected chi connectivity index (χ3v) is 4.25. The van der Waals surface area contributed by atoms with Crippen LogP contribution < -0.4 is 10.6 Å². The van der Waals surface area contributed by atoms with Gasteiger partial charge in [-0.25, -0.2) is 4.79 Å². The monoisotopic (exact) mass is 283 g/mol. The highest BCUT2D eigenvalue weighted by atomic mass is 16.4. The summed E-state index contributed by atoms with van der Waals surface area (Å²) in [4.78, 5) is 24.9. The zero-order valence-electron chi connectivity index (χ0n) is 11.9. The van der Waals surface area contributed by atoms with Crippen molar-refractivity contribution in [2.45, 2.75) is 57.0 Å². The predicted octanol–water partition coefficient (Wildman–Crippen LogP) is 1.17. The molecule has 2 aliphatic rings. The molecule has 0 spiro atoms.